The molecule has 1 aliphatic carbocycles. The van der Waals surface area contributed by atoms with Gasteiger partial charge in [0.15, 0.2) is 5.43 Å². The van der Waals surface area contributed by atoms with Gasteiger partial charge in [0.1, 0.15) is 17.1 Å². The molecule has 22 heteroatoms. The minimum Gasteiger partial charge on any atom is -0.756 e. The average Bonchev–Trinajstić information content (AvgIpc) is 3.26. The summed E-state index contributed by atoms with van der Waals surface area (Å²) in [5, 5.41) is 13.6. The standard InChI is InChI=1S/C43H62NO16P3S2/c1-3-5-6-12-26-64-65-27-13-8-7-11-23-55-62(50,51)56-24-25-57-63(52,53)59-32-33(31-58-61(48,49)54-4-2)15-9-10-22-44-43(47)35-17-14-16-34(28-35)42-38-20-18-36(45)29-40(38)60-41-30-37(46)19-21-39(41)42/h14,16-21,28-30,33,45H,3-13,15,22-27,31-32H2,1-2H3,(H,44,47)(H,48,49)(H,50,51)(H,52,53)/p-3. The molecular weight excluding hydrogens is 944 g/mol. The lowest BCUT2D eigenvalue weighted by Crippen LogP contribution is -2.25. The maximum absolute atomic E-state index is 13.3. The third-order valence-electron chi connectivity index (χ3n) is 9.76. The van der Waals surface area contributed by atoms with Gasteiger partial charge < -0.3 is 56.7 Å². The summed E-state index contributed by atoms with van der Waals surface area (Å²) in [5.41, 5.74) is 2.47. The first-order valence-electron chi connectivity index (χ1n) is 21.7. The molecule has 0 saturated heterocycles. The molecule has 2 aliphatic rings. The summed E-state index contributed by atoms with van der Waals surface area (Å²) in [6.45, 7) is 1.31. The highest BCUT2D eigenvalue weighted by atomic mass is 33.1. The molecule has 4 atom stereocenters. The Bertz CT molecular complexity index is 2250. The van der Waals surface area contributed by atoms with Crippen LogP contribution in [0.5, 0.6) is 5.75 Å². The smallest absolute Gasteiger partial charge is 0.267 e. The summed E-state index contributed by atoms with van der Waals surface area (Å²) in [6.07, 6.45) is 9.31. The molecule has 1 heterocycles. The minimum atomic E-state index is -4.99. The van der Waals surface area contributed by atoms with Gasteiger partial charge in [-0.25, -0.2) is 0 Å². The number of nitrogens with one attached hydrogen (secondary N) is 1. The second-order valence-electron chi connectivity index (χ2n) is 15.0. The van der Waals surface area contributed by atoms with Crippen molar-refractivity contribution in [3.8, 4) is 28.2 Å². The molecule has 0 bridgehead atoms. The zero-order chi connectivity index (χ0) is 47.1. The Labute approximate surface area is 388 Å². The second kappa shape index (κ2) is 28.7. The van der Waals surface area contributed by atoms with Gasteiger partial charge in [0, 0.05) is 58.2 Å². The van der Waals surface area contributed by atoms with Crippen LogP contribution in [0.15, 0.2) is 69.9 Å². The van der Waals surface area contributed by atoms with Crippen molar-refractivity contribution in [2.24, 2.45) is 5.92 Å². The molecule has 0 aromatic heterocycles. The largest absolute Gasteiger partial charge is 0.756 e. The average molecular weight is 1000 g/mol. The van der Waals surface area contributed by atoms with Crippen LogP contribution < -0.4 is 25.4 Å². The molecular formula is C43H59NO16P3S2-3. The lowest BCUT2D eigenvalue weighted by atomic mass is 9.92. The molecule has 17 nitrogen and oxygen atoms in total. The van der Waals surface area contributed by atoms with E-state index in [1.807, 2.05) is 27.7 Å². The number of aromatic hydroxyl groups is 1. The van der Waals surface area contributed by atoms with Crippen molar-refractivity contribution in [3.05, 3.63) is 76.5 Å². The lowest BCUT2D eigenvalue weighted by molar-refractivity contribution is -0.234. The van der Waals surface area contributed by atoms with Gasteiger partial charge in [-0.3, -0.25) is 23.3 Å². The Morgan fingerprint density at radius 1 is 0.723 bits per heavy atom. The molecule has 0 saturated carbocycles. The van der Waals surface area contributed by atoms with Crippen molar-refractivity contribution in [2.75, 3.05) is 57.7 Å². The first-order valence-corrected chi connectivity index (χ1v) is 28.6. The van der Waals surface area contributed by atoms with Crippen molar-refractivity contribution in [3.63, 3.8) is 0 Å². The highest BCUT2D eigenvalue weighted by Crippen LogP contribution is 2.44. The van der Waals surface area contributed by atoms with E-state index >= 15 is 0 Å². The zero-order valence-corrected chi connectivity index (χ0v) is 41.0. The SMILES string of the molecule is CCCCCCSSCCCCCCOP(=O)([O-])OCCOP(=O)([O-])OCC(CCCCNC(=O)c1cccc(-c2c3ccc(=O)cc-3oc3cc(O)ccc23)c1)COP(=O)([O-])OCC. The number of fused-ring (bicyclic) bond motifs is 2. The Hall–Kier alpha value is -2.57. The molecule has 0 fully saturated rings. The molecule has 4 unspecified atom stereocenters. The van der Waals surface area contributed by atoms with Crippen LogP contribution in [0, 0.1) is 5.92 Å². The molecule has 362 valence electrons. The van der Waals surface area contributed by atoms with E-state index in [4.69, 9.17) is 27.0 Å². The number of amides is 1. The fourth-order valence-corrected chi connectivity index (χ4v) is 11.1. The van der Waals surface area contributed by atoms with Gasteiger partial charge in [0.25, 0.3) is 29.4 Å². The van der Waals surface area contributed by atoms with Gasteiger partial charge in [-0.1, -0.05) is 79.2 Å². The van der Waals surface area contributed by atoms with Crippen LogP contribution in [0.3, 0.4) is 0 Å². The number of carbonyl (C=O) groups excluding carboxylic acids is 1. The summed E-state index contributed by atoms with van der Waals surface area (Å²) in [7, 11) is -10.6. The number of phosphoric acid groups is 3. The van der Waals surface area contributed by atoms with Gasteiger partial charge in [-0.15, -0.1) is 0 Å². The Morgan fingerprint density at radius 2 is 1.37 bits per heavy atom. The van der Waals surface area contributed by atoms with Gasteiger partial charge in [-0.05, 0) is 81.0 Å². The van der Waals surface area contributed by atoms with Crippen LogP contribution in [0.25, 0.3) is 33.4 Å². The number of hydrogen-bond donors (Lipinski definition) is 2. The summed E-state index contributed by atoms with van der Waals surface area (Å²) in [5.74, 6) is 1.34. The minimum absolute atomic E-state index is 0.0156. The van der Waals surface area contributed by atoms with E-state index in [1.54, 1.807) is 30.3 Å². The molecule has 1 amide bonds. The van der Waals surface area contributed by atoms with Crippen LogP contribution in [0.1, 0.15) is 94.8 Å². The number of hydrogen-bond acceptors (Lipinski definition) is 18. The quantitative estimate of drug-likeness (QED) is 0.0192. The van der Waals surface area contributed by atoms with Gasteiger partial charge in [-0.2, -0.15) is 0 Å². The lowest BCUT2D eigenvalue weighted by Gasteiger charge is -2.28. The summed E-state index contributed by atoms with van der Waals surface area (Å²) in [4.78, 5) is 62.1. The second-order valence-corrected chi connectivity index (χ2v) is 21.9. The number of carbonyl (C=O) groups is 1. The van der Waals surface area contributed by atoms with Crippen LogP contribution in [0.4, 0.5) is 0 Å². The summed E-state index contributed by atoms with van der Waals surface area (Å²) in [6, 6.07) is 16.0. The van der Waals surface area contributed by atoms with Crippen molar-refractivity contribution >= 4 is 61.9 Å². The van der Waals surface area contributed by atoms with E-state index in [9.17, 15) is 43.1 Å². The van der Waals surface area contributed by atoms with Crippen LogP contribution in [-0.4, -0.2) is 68.7 Å². The third kappa shape index (κ3) is 20.7. The van der Waals surface area contributed by atoms with Crippen molar-refractivity contribution in [2.45, 2.75) is 84.5 Å². The first-order chi connectivity index (χ1) is 31.1. The first kappa shape index (κ1) is 55.0. The maximum Gasteiger partial charge on any atom is 0.267 e. The van der Waals surface area contributed by atoms with E-state index < -0.39 is 55.8 Å². The number of phosphoric ester groups is 3. The number of unbranched alkanes of at least 4 members (excludes halogenated alkanes) is 7. The molecule has 4 rings (SSSR count). The van der Waals surface area contributed by atoms with E-state index in [-0.39, 0.29) is 43.3 Å². The van der Waals surface area contributed by atoms with Crippen molar-refractivity contribution in [1.82, 2.24) is 5.32 Å². The fourth-order valence-electron chi connectivity index (χ4n) is 6.52. The molecule has 65 heavy (non-hydrogen) atoms. The zero-order valence-electron chi connectivity index (χ0n) is 36.7. The fraction of sp³-hybridized carbons (Fsp3) is 0.535. The number of phenolic OH excluding ortho intramolecular Hbond substituents is 1. The predicted molar refractivity (Wildman–Crippen MR) is 248 cm³/mol. The predicted octanol–water partition coefficient (Wildman–Crippen LogP) is 8.83. The summed E-state index contributed by atoms with van der Waals surface area (Å²) < 4.78 is 71.6. The van der Waals surface area contributed by atoms with E-state index in [1.165, 1.54) is 56.9 Å². The molecule has 1 aliphatic heterocycles. The Balaban J connectivity index is 1.19. The Kier molecular flexibility index (Phi) is 24.3. The summed E-state index contributed by atoms with van der Waals surface area (Å²) >= 11 is 0. The third-order valence-corrected chi connectivity index (χ3v) is 15.3. The van der Waals surface area contributed by atoms with E-state index in [2.05, 4.69) is 16.8 Å². The number of rotatable bonds is 34. The van der Waals surface area contributed by atoms with Crippen LogP contribution in [-0.2, 0) is 40.8 Å². The Morgan fingerprint density at radius 3 is 2.06 bits per heavy atom. The molecule has 2 aromatic carbocycles. The topological polar surface area (TPSA) is 255 Å². The van der Waals surface area contributed by atoms with Gasteiger partial charge >= 0.3 is 0 Å². The highest BCUT2D eigenvalue weighted by molar-refractivity contribution is 8.76. The van der Waals surface area contributed by atoms with Crippen molar-refractivity contribution in [1.29, 1.82) is 0 Å². The maximum atomic E-state index is 13.3. The normalized spacial score (nSPS) is 15.1. The van der Waals surface area contributed by atoms with Gasteiger partial charge in [0.05, 0.1) is 39.6 Å². The molecule has 2 aromatic rings. The van der Waals surface area contributed by atoms with Crippen LogP contribution >= 0.6 is 45.1 Å². The highest BCUT2D eigenvalue weighted by Gasteiger charge is 2.21. The van der Waals surface area contributed by atoms with Gasteiger partial charge in [0.2, 0.25) is 0 Å². The van der Waals surface area contributed by atoms with E-state index in [0.29, 0.717) is 58.2 Å². The number of phenols is 1. The monoisotopic (exact) mass is 1000 g/mol. The van der Waals surface area contributed by atoms with Crippen molar-refractivity contribution < 1.29 is 69.8 Å². The van der Waals surface area contributed by atoms with Crippen LogP contribution in [0.2, 0.25) is 0 Å². The van der Waals surface area contributed by atoms with E-state index in [0.717, 1.165) is 30.8 Å². The number of benzene rings is 3. The molecule has 0 radical (unpaired) electrons. The molecule has 2 N–H and O–H groups in total. The molecule has 0 spiro atoms.